The van der Waals surface area contributed by atoms with Crippen molar-refractivity contribution >= 4 is 41.8 Å². The Kier molecular flexibility index (Phi) is 19.8. The van der Waals surface area contributed by atoms with Crippen LogP contribution in [-0.4, -0.2) is 93.4 Å². The maximum Gasteiger partial charge on any atom is 0.325 e. The number of carbonyl (C=O) groups excluding carboxylic acids is 3. The second-order valence-electron chi connectivity index (χ2n) is 9.20. The zero-order chi connectivity index (χ0) is 30.3. The van der Waals surface area contributed by atoms with Gasteiger partial charge in [-0.25, -0.2) is 14.5 Å². The molecule has 0 aliphatic carbocycles. The van der Waals surface area contributed by atoms with Crippen LogP contribution in [0.1, 0.15) is 83.5 Å². The van der Waals surface area contributed by atoms with Gasteiger partial charge in [-0.2, -0.15) is 0 Å². The van der Waals surface area contributed by atoms with Gasteiger partial charge in [0.1, 0.15) is 5.92 Å². The first-order valence-corrected chi connectivity index (χ1v) is 13.4. The first kappa shape index (κ1) is 36.1. The summed E-state index contributed by atoms with van der Waals surface area (Å²) in [4.78, 5) is 81.6. The molecule has 0 bridgehead atoms. The number of imide groups is 1. The summed E-state index contributed by atoms with van der Waals surface area (Å²) in [7, 11) is 0. The van der Waals surface area contributed by atoms with Gasteiger partial charge < -0.3 is 36.4 Å². The van der Waals surface area contributed by atoms with Crippen molar-refractivity contribution in [2.45, 2.75) is 83.5 Å². The largest absolute Gasteiger partial charge is 0.481 e. The van der Waals surface area contributed by atoms with Gasteiger partial charge in [0.15, 0.2) is 0 Å². The van der Waals surface area contributed by atoms with Crippen LogP contribution >= 0.6 is 0 Å². The van der Waals surface area contributed by atoms with Crippen LogP contribution in [0.25, 0.3) is 0 Å². The maximum atomic E-state index is 12.6. The molecule has 0 fully saturated rings. The number of nitrogens with zero attached hydrogens (tertiary/aromatic N) is 1. The molecule has 40 heavy (non-hydrogen) atoms. The molecule has 0 rings (SSSR count). The van der Waals surface area contributed by atoms with E-state index in [1.54, 1.807) is 0 Å². The molecule has 0 heterocycles. The average Bonchev–Trinajstić information content (AvgIpc) is 2.86. The molecule has 1 unspecified atom stereocenters. The van der Waals surface area contributed by atoms with E-state index in [9.17, 15) is 38.7 Å². The van der Waals surface area contributed by atoms with E-state index in [1.165, 1.54) is 0 Å². The number of hydrogen-bond donors (Lipinski definition) is 7. The lowest BCUT2D eigenvalue weighted by Crippen LogP contribution is -2.49. The van der Waals surface area contributed by atoms with Crippen LogP contribution in [0.15, 0.2) is 0 Å². The first-order chi connectivity index (χ1) is 19.0. The van der Waals surface area contributed by atoms with Crippen LogP contribution in [0, 0.1) is 5.92 Å². The summed E-state index contributed by atoms with van der Waals surface area (Å²) < 4.78 is 0. The molecule has 15 nitrogen and oxygen atoms in total. The van der Waals surface area contributed by atoms with Gasteiger partial charge in [-0.3, -0.25) is 24.0 Å². The second kappa shape index (κ2) is 22.0. The van der Waals surface area contributed by atoms with Crippen molar-refractivity contribution in [2.75, 3.05) is 26.2 Å². The second-order valence-corrected chi connectivity index (χ2v) is 9.20. The van der Waals surface area contributed by atoms with Gasteiger partial charge in [0.25, 0.3) is 0 Å². The molecule has 0 aromatic heterocycles. The third-order valence-electron chi connectivity index (χ3n) is 5.78. The Labute approximate surface area is 232 Å². The summed E-state index contributed by atoms with van der Waals surface area (Å²) in [5, 5.41) is 43.0. The minimum Gasteiger partial charge on any atom is -0.481 e. The van der Waals surface area contributed by atoms with E-state index in [0.717, 1.165) is 4.90 Å². The van der Waals surface area contributed by atoms with E-state index < -0.39 is 47.8 Å². The summed E-state index contributed by atoms with van der Waals surface area (Å²) in [6, 6.07) is -1.31. The normalized spacial score (nSPS) is 11.2. The van der Waals surface area contributed by atoms with Crippen LogP contribution in [0.5, 0.6) is 0 Å². The summed E-state index contributed by atoms with van der Waals surface area (Å²) in [5.74, 6) is -6.18. The Bertz CT molecular complexity index is 851. The van der Waals surface area contributed by atoms with E-state index in [1.807, 2.05) is 0 Å². The van der Waals surface area contributed by atoms with Crippen LogP contribution < -0.4 is 16.0 Å². The van der Waals surface area contributed by atoms with Gasteiger partial charge >= 0.3 is 35.9 Å². The fourth-order valence-corrected chi connectivity index (χ4v) is 3.59. The van der Waals surface area contributed by atoms with Gasteiger partial charge in [-0.1, -0.05) is 19.3 Å². The summed E-state index contributed by atoms with van der Waals surface area (Å²) in [5.41, 5.74) is 0. The van der Waals surface area contributed by atoms with E-state index >= 15 is 0 Å². The van der Waals surface area contributed by atoms with E-state index in [-0.39, 0.29) is 58.3 Å². The Hall–Kier alpha value is -3.91. The van der Waals surface area contributed by atoms with Crippen LogP contribution in [-0.2, 0) is 24.0 Å². The first-order valence-electron chi connectivity index (χ1n) is 13.4. The average molecular weight is 575 g/mol. The molecular weight excluding hydrogens is 532 g/mol. The van der Waals surface area contributed by atoms with E-state index in [0.29, 0.717) is 51.4 Å². The van der Waals surface area contributed by atoms with Gasteiger partial charge in [-0.15, -0.1) is 0 Å². The Morgan fingerprint density at radius 2 is 0.975 bits per heavy atom. The molecule has 0 saturated heterocycles. The predicted octanol–water partition coefficient (Wildman–Crippen LogP) is 1.85. The number of unbranched alkanes of at least 4 members (excludes halogenated alkanes) is 5. The number of amides is 5. The number of carboxylic acids is 4. The quantitative estimate of drug-likeness (QED) is 0.0686. The lowest BCUT2D eigenvalue weighted by Gasteiger charge is -2.22. The highest BCUT2D eigenvalue weighted by atomic mass is 16.4. The van der Waals surface area contributed by atoms with Crippen LogP contribution in [0.3, 0.4) is 0 Å². The molecule has 0 aliphatic heterocycles. The molecule has 1 atom stereocenters. The zero-order valence-corrected chi connectivity index (χ0v) is 22.7. The van der Waals surface area contributed by atoms with Crippen LogP contribution in [0.2, 0.25) is 0 Å². The van der Waals surface area contributed by atoms with Crippen molar-refractivity contribution in [1.82, 2.24) is 20.9 Å². The fourth-order valence-electron chi connectivity index (χ4n) is 3.59. The standard InChI is InChI=1S/C25H42N4O11/c30-19(31)11-4-1-6-14-27-24(39)29(25(40)28-15-7-5-12-20(32)33)17-8-2-3-10-18(23(37)38)22(36)26-16-9-13-21(34)35/h18H,1-17H2,(H,26,36)(H,27,39)(H,28,40)(H,30,31)(H,32,33)(H,34,35)(H,37,38). The number of nitrogens with one attached hydrogen (secondary N) is 3. The fraction of sp³-hybridized carbons (Fsp3) is 0.720. The van der Waals surface area contributed by atoms with Crippen molar-refractivity contribution in [3.63, 3.8) is 0 Å². The topological polar surface area (TPSA) is 240 Å². The highest BCUT2D eigenvalue weighted by molar-refractivity contribution is 5.96. The third kappa shape index (κ3) is 19.2. The minimum atomic E-state index is -1.31. The summed E-state index contributed by atoms with van der Waals surface area (Å²) in [6.07, 6.45) is 3.46. The summed E-state index contributed by atoms with van der Waals surface area (Å²) >= 11 is 0. The van der Waals surface area contributed by atoms with Crippen molar-refractivity contribution in [2.24, 2.45) is 5.92 Å². The van der Waals surface area contributed by atoms with Gasteiger partial charge in [0.05, 0.1) is 0 Å². The number of hydrogen-bond acceptors (Lipinski definition) is 7. The summed E-state index contributed by atoms with van der Waals surface area (Å²) in [6.45, 7) is 0.477. The molecule has 0 radical (unpaired) electrons. The number of aliphatic carboxylic acids is 4. The Morgan fingerprint density at radius 3 is 1.50 bits per heavy atom. The maximum absolute atomic E-state index is 12.6. The lowest BCUT2D eigenvalue weighted by molar-refractivity contribution is -0.147. The number of carboxylic acid groups (broad SMARTS) is 4. The van der Waals surface area contributed by atoms with Gasteiger partial charge in [0.2, 0.25) is 5.91 Å². The van der Waals surface area contributed by atoms with Gasteiger partial charge in [0, 0.05) is 45.4 Å². The highest BCUT2D eigenvalue weighted by Crippen LogP contribution is 2.12. The van der Waals surface area contributed by atoms with E-state index in [4.69, 9.17) is 15.3 Å². The molecule has 228 valence electrons. The number of carbonyl (C=O) groups is 7. The number of rotatable bonds is 23. The zero-order valence-electron chi connectivity index (χ0n) is 22.7. The molecule has 5 amide bonds. The van der Waals surface area contributed by atoms with Gasteiger partial charge in [-0.05, 0) is 44.9 Å². The molecule has 15 heteroatoms. The van der Waals surface area contributed by atoms with Crippen molar-refractivity contribution in [1.29, 1.82) is 0 Å². The predicted molar refractivity (Wildman–Crippen MR) is 141 cm³/mol. The lowest BCUT2D eigenvalue weighted by atomic mass is 10.00. The SMILES string of the molecule is O=C(O)CCCCCNC(=O)N(CCCCCC(C(=O)O)C(=O)NCCCC(=O)O)C(=O)NCCCCC(=O)O. The molecule has 0 aliphatic rings. The monoisotopic (exact) mass is 574 g/mol. The number of urea groups is 2. The van der Waals surface area contributed by atoms with Crippen molar-refractivity contribution in [3.8, 4) is 0 Å². The smallest absolute Gasteiger partial charge is 0.325 e. The Balaban J connectivity index is 4.72. The van der Waals surface area contributed by atoms with Crippen molar-refractivity contribution < 1.29 is 54.0 Å². The van der Waals surface area contributed by atoms with Crippen LogP contribution in [0.4, 0.5) is 9.59 Å². The minimum absolute atomic E-state index is 0.0188. The molecular formula is C25H42N4O11. The molecule has 7 N–H and O–H groups in total. The highest BCUT2D eigenvalue weighted by Gasteiger charge is 2.26. The molecule has 0 saturated carbocycles. The van der Waals surface area contributed by atoms with Crippen molar-refractivity contribution in [3.05, 3.63) is 0 Å². The van der Waals surface area contributed by atoms with E-state index in [2.05, 4.69) is 16.0 Å². The molecule has 0 aromatic rings. The molecule has 0 spiro atoms. The Morgan fingerprint density at radius 1 is 0.525 bits per heavy atom. The third-order valence-corrected chi connectivity index (χ3v) is 5.78. The molecule has 0 aromatic carbocycles.